The van der Waals surface area contributed by atoms with Crippen molar-refractivity contribution in [2.45, 2.75) is 62.5 Å². The van der Waals surface area contributed by atoms with E-state index in [2.05, 4.69) is 37.0 Å². The lowest BCUT2D eigenvalue weighted by molar-refractivity contribution is -0.137. The van der Waals surface area contributed by atoms with Gasteiger partial charge in [0.15, 0.2) is 5.82 Å². The number of hydroxylamine groups is 1. The van der Waals surface area contributed by atoms with E-state index in [-0.39, 0.29) is 11.9 Å². The number of hydrogen-bond acceptors (Lipinski definition) is 10. The smallest absolute Gasteiger partial charge is 0.416 e. The number of fused-ring (bicyclic) bond motifs is 2. The number of likely N-dealkylation sites (tertiary alicyclic amines) is 1. The maximum absolute atomic E-state index is 13.0. The molecule has 4 fully saturated rings. The maximum Gasteiger partial charge on any atom is 0.416 e. The second-order valence-corrected chi connectivity index (χ2v) is 12.9. The van der Waals surface area contributed by atoms with E-state index in [9.17, 15) is 18.0 Å². The number of ether oxygens (including phenoxy) is 2. The molecule has 14 heteroatoms. The minimum absolute atomic E-state index is 0.132. The van der Waals surface area contributed by atoms with Crippen LogP contribution in [-0.4, -0.2) is 85.0 Å². The summed E-state index contributed by atoms with van der Waals surface area (Å²) in [5.41, 5.74) is 2.15. The summed E-state index contributed by atoms with van der Waals surface area (Å²) in [4.78, 5) is 32.2. The summed E-state index contributed by atoms with van der Waals surface area (Å²) in [6, 6.07) is 11.6. The number of carbonyl (C=O) groups is 1. The molecule has 0 aliphatic carbocycles. The van der Waals surface area contributed by atoms with E-state index in [1.165, 1.54) is 24.5 Å². The summed E-state index contributed by atoms with van der Waals surface area (Å²) in [7, 11) is 1.60. The molecule has 2 N–H and O–H groups in total. The lowest BCUT2D eigenvalue weighted by Crippen LogP contribution is -2.49. The number of methoxy groups -OCH3 is 1. The summed E-state index contributed by atoms with van der Waals surface area (Å²) < 4.78 is 50.8. The van der Waals surface area contributed by atoms with Crippen LogP contribution in [0.4, 0.5) is 41.9 Å². The molecule has 0 saturated carbocycles. The molecule has 4 aliphatic rings. The van der Waals surface area contributed by atoms with Gasteiger partial charge in [0.2, 0.25) is 5.91 Å². The third-order valence-corrected chi connectivity index (χ3v) is 9.88. The molecule has 3 aromatic rings. The number of nitrogens with one attached hydrogen (secondary N) is 2. The fourth-order valence-electron chi connectivity index (χ4n) is 7.42. The van der Waals surface area contributed by atoms with Gasteiger partial charge in [0.25, 0.3) is 0 Å². The van der Waals surface area contributed by atoms with Crippen molar-refractivity contribution in [3.05, 3.63) is 72.6 Å². The van der Waals surface area contributed by atoms with Crippen LogP contribution in [0.3, 0.4) is 0 Å². The van der Waals surface area contributed by atoms with Gasteiger partial charge in [-0.25, -0.2) is 15.0 Å². The molecule has 1 aromatic heterocycles. The number of aromatic nitrogens is 2. The number of hydrogen-bond donors (Lipinski definition) is 2. The first kappa shape index (κ1) is 33.1. The molecular formula is C35H40F3N7O4. The van der Waals surface area contributed by atoms with Crippen LogP contribution >= 0.6 is 0 Å². The zero-order chi connectivity index (χ0) is 34.1. The number of piperidine rings is 1. The van der Waals surface area contributed by atoms with Gasteiger partial charge in [0, 0.05) is 43.9 Å². The van der Waals surface area contributed by atoms with Gasteiger partial charge < -0.3 is 25.0 Å². The number of amides is 1. The average Bonchev–Trinajstić information content (AvgIpc) is 3.87. The van der Waals surface area contributed by atoms with Crippen LogP contribution in [0.2, 0.25) is 0 Å². The van der Waals surface area contributed by atoms with Gasteiger partial charge in [-0.05, 0) is 61.9 Å². The van der Waals surface area contributed by atoms with Crippen molar-refractivity contribution in [1.29, 1.82) is 0 Å². The van der Waals surface area contributed by atoms with Gasteiger partial charge in [0.05, 0.1) is 55.1 Å². The largest absolute Gasteiger partial charge is 0.494 e. The number of carbonyl (C=O) groups excluding carboxylic acids is 1. The Labute approximate surface area is 283 Å². The molecule has 1 amide bonds. The van der Waals surface area contributed by atoms with Crippen molar-refractivity contribution in [2.75, 3.05) is 60.6 Å². The van der Waals surface area contributed by atoms with Crippen molar-refractivity contribution in [3.63, 3.8) is 0 Å². The highest BCUT2D eigenvalue weighted by molar-refractivity contribution is 6.02. The van der Waals surface area contributed by atoms with Crippen molar-refractivity contribution >= 4 is 34.6 Å². The number of anilines is 5. The van der Waals surface area contributed by atoms with Crippen LogP contribution in [0.15, 0.2) is 61.4 Å². The molecule has 3 atom stereocenters. The molecular weight excluding hydrogens is 639 g/mol. The SMILES string of the molecule is C=CC(=O)Nc1cc(Nc2cc(N3OCC[C@@H]3Cc3ccc(C(F)(F)F)cc3)ncn2)c(OC)cc1N1CCC(N2C[C@@H]3C[C@H]2CO3)CC1. The number of rotatable bonds is 10. The normalized spacial score (nSPS) is 22.8. The van der Waals surface area contributed by atoms with Crippen LogP contribution in [0, 0.1) is 0 Å². The quantitative estimate of drug-likeness (QED) is 0.265. The molecule has 260 valence electrons. The first-order valence-electron chi connectivity index (χ1n) is 16.6. The number of alkyl halides is 3. The Balaban J connectivity index is 1.08. The Bertz CT molecular complexity index is 1670. The van der Waals surface area contributed by atoms with Crippen LogP contribution in [0.25, 0.3) is 0 Å². The summed E-state index contributed by atoms with van der Waals surface area (Å²) in [5.74, 6) is 1.21. The highest BCUT2D eigenvalue weighted by Crippen LogP contribution is 2.41. The van der Waals surface area contributed by atoms with E-state index in [0.29, 0.717) is 66.4 Å². The van der Waals surface area contributed by atoms with Gasteiger partial charge >= 0.3 is 6.18 Å². The van der Waals surface area contributed by atoms with Gasteiger partial charge in [0.1, 0.15) is 17.9 Å². The zero-order valence-electron chi connectivity index (χ0n) is 27.3. The molecule has 7 rings (SSSR count). The Morgan fingerprint density at radius 3 is 2.55 bits per heavy atom. The highest BCUT2D eigenvalue weighted by Gasteiger charge is 2.43. The fraction of sp³-hybridized carbons (Fsp3) is 0.457. The Morgan fingerprint density at radius 1 is 1.08 bits per heavy atom. The van der Waals surface area contributed by atoms with Gasteiger partial charge in [-0.3, -0.25) is 14.5 Å². The van der Waals surface area contributed by atoms with Crippen molar-refractivity contribution in [2.24, 2.45) is 0 Å². The second-order valence-electron chi connectivity index (χ2n) is 12.9. The summed E-state index contributed by atoms with van der Waals surface area (Å²) in [6.45, 7) is 7.60. The Kier molecular flexibility index (Phi) is 9.36. The van der Waals surface area contributed by atoms with Gasteiger partial charge in [-0.2, -0.15) is 13.2 Å². The summed E-state index contributed by atoms with van der Waals surface area (Å²) in [6.07, 6.45) is 2.97. The maximum atomic E-state index is 13.0. The third kappa shape index (κ3) is 7.17. The standard InChI is InChI=1S/C35H40F3N7O4/c1-3-34(46)42-28-16-29(31(47-2)17-30(28)43-11-8-24(9-12-43)44-19-27-15-26(44)20-48-27)41-32-18-33(40-21-39-32)45-25(10-13-49-45)14-22-4-6-23(7-5-22)35(36,37)38/h3-7,16-18,21,24-27H,1,8-15,19-20H2,2H3,(H,42,46)(H,39,40,41)/t25-,26+,27+/m1/s1. The van der Waals surface area contributed by atoms with E-state index in [4.69, 9.17) is 14.3 Å². The van der Waals surface area contributed by atoms with Gasteiger partial charge in [-0.15, -0.1) is 0 Å². The lowest BCUT2D eigenvalue weighted by atomic mass is 10.0. The highest BCUT2D eigenvalue weighted by atomic mass is 19.4. The molecule has 4 saturated heterocycles. The molecule has 0 radical (unpaired) electrons. The molecule has 2 bridgehead atoms. The predicted octanol–water partition coefficient (Wildman–Crippen LogP) is 5.57. The Morgan fingerprint density at radius 2 is 1.88 bits per heavy atom. The van der Waals surface area contributed by atoms with Crippen LogP contribution in [0.1, 0.15) is 36.8 Å². The Hall–Kier alpha value is -4.40. The molecule has 11 nitrogen and oxygen atoms in total. The van der Waals surface area contributed by atoms with E-state index in [1.54, 1.807) is 18.2 Å². The number of nitrogens with zero attached hydrogens (tertiary/aromatic N) is 5. The third-order valence-electron chi connectivity index (χ3n) is 9.88. The first-order valence-corrected chi connectivity index (χ1v) is 16.6. The summed E-state index contributed by atoms with van der Waals surface area (Å²) >= 11 is 0. The molecule has 2 aromatic carbocycles. The van der Waals surface area contributed by atoms with Gasteiger partial charge in [-0.1, -0.05) is 18.7 Å². The first-order chi connectivity index (χ1) is 23.7. The molecule has 0 spiro atoms. The van der Waals surface area contributed by atoms with E-state index >= 15 is 0 Å². The van der Waals surface area contributed by atoms with Crippen molar-refractivity contribution in [1.82, 2.24) is 14.9 Å². The second kappa shape index (κ2) is 13.8. The van der Waals surface area contributed by atoms with E-state index < -0.39 is 11.7 Å². The number of halogens is 3. The molecule has 0 unspecified atom stereocenters. The van der Waals surface area contributed by atoms with Crippen LogP contribution in [-0.2, 0) is 27.0 Å². The molecule has 5 heterocycles. The monoisotopic (exact) mass is 679 g/mol. The zero-order valence-corrected chi connectivity index (χ0v) is 27.3. The fourth-order valence-corrected chi connectivity index (χ4v) is 7.42. The topological polar surface area (TPSA) is 104 Å². The average molecular weight is 680 g/mol. The number of benzene rings is 2. The minimum atomic E-state index is -4.38. The van der Waals surface area contributed by atoms with E-state index in [1.807, 2.05) is 12.1 Å². The predicted molar refractivity (Wildman–Crippen MR) is 179 cm³/mol. The van der Waals surface area contributed by atoms with Crippen LogP contribution < -0.4 is 25.3 Å². The van der Waals surface area contributed by atoms with Crippen LogP contribution in [0.5, 0.6) is 5.75 Å². The number of morpholine rings is 1. The molecule has 4 aliphatic heterocycles. The summed E-state index contributed by atoms with van der Waals surface area (Å²) in [5, 5.41) is 7.98. The van der Waals surface area contributed by atoms with Crippen molar-refractivity contribution in [3.8, 4) is 5.75 Å². The lowest BCUT2D eigenvalue weighted by Gasteiger charge is -2.41. The molecule has 49 heavy (non-hydrogen) atoms. The van der Waals surface area contributed by atoms with Crippen molar-refractivity contribution < 1.29 is 32.3 Å². The van der Waals surface area contributed by atoms with E-state index in [0.717, 1.165) is 68.9 Å². The minimum Gasteiger partial charge on any atom is -0.494 e.